The quantitative estimate of drug-likeness (QED) is 0.676. The van der Waals surface area contributed by atoms with Gasteiger partial charge in [-0.1, -0.05) is 62.2 Å². The number of unbranched alkanes of at least 4 members (excludes halogenated alkanes) is 1. The molecule has 0 aliphatic carbocycles. The highest BCUT2D eigenvalue weighted by atomic mass is 35.5. The Hall–Kier alpha value is -0.680. The predicted molar refractivity (Wildman–Crippen MR) is 99.7 cm³/mol. The van der Waals surface area contributed by atoms with Crippen LogP contribution in [0.1, 0.15) is 51.0 Å². The first kappa shape index (κ1) is 18.7. The Morgan fingerprint density at radius 1 is 1.22 bits per heavy atom. The molecule has 0 amide bonds. The lowest BCUT2D eigenvalue weighted by molar-refractivity contribution is 0.567. The van der Waals surface area contributed by atoms with Crippen molar-refractivity contribution in [1.29, 1.82) is 0 Å². The summed E-state index contributed by atoms with van der Waals surface area (Å²) in [5.41, 5.74) is 7.00. The minimum absolute atomic E-state index is 0.334. The van der Waals surface area contributed by atoms with E-state index in [1.54, 1.807) is 17.8 Å². The van der Waals surface area contributed by atoms with E-state index in [1.165, 1.54) is 0 Å². The first-order valence-electron chi connectivity index (χ1n) is 7.89. The summed E-state index contributed by atoms with van der Waals surface area (Å²) in [5, 5.41) is 2.43. The van der Waals surface area contributed by atoms with E-state index in [9.17, 15) is 0 Å². The molecule has 0 fully saturated rings. The second-order valence-electron chi connectivity index (χ2n) is 5.79. The summed E-state index contributed by atoms with van der Waals surface area (Å²) < 4.78 is 2.25. The molecule has 3 nitrogen and oxygen atoms in total. The molecule has 0 spiro atoms. The van der Waals surface area contributed by atoms with Crippen LogP contribution in [0, 0.1) is 0 Å². The molecule has 0 unspecified atom stereocenters. The van der Waals surface area contributed by atoms with Gasteiger partial charge in [0.25, 0.3) is 0 Å². The van der Waals surface area contributed by atoms with Crippen molar-refractivity contribution in [3.05, 3.63) is 39.8 Å². The fraction of sp³-hybridized carbons (Fsp3) is 0.471. The van der Waals surface area contributed by atoms with Gasteiger partial charge < -0.3 is 10.3 Å². The van der Waals surface area contributed by atoms with Crippen LogP contribution in [0.5, 0.6) is 0 Å². The third-order valence-corrected chi connectivity index (χ3v) is 5.07. The van der Waals surface area contributed by atoms with Gasteiger partial charge in [-0.05, 0) is 30.5 Å². The molecule has 2 N–H and O–H groups in total. The summed E-state index contributed by atoms with van der Waals surface area (Å²) in [6.07, 6.45) is 2.23. The van der Waals surface area contributed by atoms with E-state index >= 15 is 0 Å². The first-order valence-corrected chi connectivity index (χ1v) is 9.46. The molecule has 0 aliphatic heterocycles. The van der Waals surface area contributed by atoms with Gasteiger partial charge in [0.15, 0.2) is 0 Å². The van der Waals surface area contributed by atoms with Gasteiger partial charge in [0, 0.05) is 21.5 Å². The molecule has 1 heterocycles. The van der Waals surface area contributed by atoms with Crippen LogP contribution in [-0.2, 0) is 13.1 Å². The van der Waals surface area contributed by atoms with Gasteiger partial charge in [0.1, 0.15) is 10.9 Å². The Kier molecular flexibility index (Phi) is 6.84. The average molecular weight is 372 g/mol. The van der Waals surface area contributed by atoms with Crippen LogP contribution in [0.25, 0.3) is 0 Å². The Morgan fingerprint density at radius 3 is 2.39 bits per heavy atom. The Bertz CT molecular complexity index is 648. The molecule has 2 rings (SSSR count). The van der Waals surface area contributed by atoms with Gasteiger partial charge in [-0.15, -0.1) is 0 Å². The van der Waals surface area contributed by atoms with Crippen molar-refractivity contribution in [2.24, 2.45) is 5.73 Å². The van der Waals surface area contributed by atoms with Crippen LogP contribution in [0.3, 0.4) is 0 Å². The molecule has 0 bridgehead atoms. The predicted octanol–water partition coefficient (Wildman–Crippen LogP) is 5.72. The highest BCUT2D eigenvalue weighted by molar-refractivity contribution is 7.99. The zero-order valence-electron chi connectivity index (χ0n) is 13.8. The van der Waals surface area contributed by atoms with E-state index in [0.29, 0.717) is 22.5 Å². The number of rotatable bonds is 7. The van der Waals surface area contributed by atoms with E-state index < -0.39 is 0 Å². The van der Waals surface area contributed by atoms with Crippen molar-refractivity contribution >= 4 is 35.0 Å². The summed E-state index contributed by atoms with van der Waals surface area (Å²) in [4.78, 5) is 5.79. The highest BCUT2D eigenvalue weighted by Crippen LogP contribution is 2.37. The summed E-state index contributed by atoms with van der Waals surface area (Å²) in [7, 11) is 0. The number of nitrogens with zero attached hydrogens (tertiary/aromatic N) is 2. The molecule has 2 aromatic rings. The molecule has 0 saturated heterocycles. The Morgan fingerprint density at radius 2 is 1.87 bits per heavy atom. The minimum Gasteiger partial charge on any atom is -0.324 e. The molecule has 6 heteroatoms. The zero-order valence-corrected chi connectivity index (χ0v) is 16.1. The van der Waals surface area contributed by atoms with Crippen LogP contribution >= 0.6 is 35.0 Å². The maximum atomic E-state index is 6.13. The summed E-state index contributed by atoms with van der Waals surface area (Å²) in [6.45, 7) is 7.87. The topological polar surface area (TPSA) is 43.8 Å². The second kappa shape index (κ2) is 8.43. The molecular formula is C17H23Cl2N3S. The van der Waals surface area contributed by atoms with Gasteiger partial charge in [-0.3, -0.25) is 0 Å². The van der Waals surface area contributed by atoms with E-state index in [4.69, 9.17) is 33.9 Å². The molecule has 126 valence electrons. The van der Waals surface area contributed by atoms with Gasteiger partial charge in [0.2, 0.25) is 0 Å². The lowest BCUT2D eigenvalue weighted by Gasteiger charge is -2.13. The third kappa shape index (κ3) is 4.66. The van der Waals surface area contributed by atoms with Crippen LogP contribution in [-0.4, -0.2) is 9.55 Å². The second-order valence-corrected chi connectivity index (χ2v) is 7.72. The SMILES string of the molecule is CCCCn1c(CN)nc(C(C)C)c1Sc1cc(Cl)cc(Cl)c1. The van der Waals surface area contributed by atoms with Crippen molar-refractivity contribution < 1.29 is 0 Å². The van der Waals surface area contributed by atoms with Crippen molar-refractivity contribution in [2.75, 3.05) is 0 Å². The first-order chi connectivity index (χ1) is 11.0. The monoisotopic (exact) mass is 371 g/mol. The van der Waals surface area contributed by atoms with Crippen LogP contribution in [0.4, 0.5) is 0 Å². The van der Waals surface area contributed by atoms with Crippen molar-refractivity contribution in [2.45, 2.75) is 62.5 Å². The number of nitrogens with two attached hydrogens (primary N) is 1. The van der Waals surface area contributed by atoms with Gasteiger partial charge in [-0.25, -0.2) is 4.98 Å². The number of hydrogen-bond donors (Lipinski definition) is 1. The van der Waals surface area contributed by atoms with Crippen molar-refractivity contribution in [3.63, 3.8) is 0 Å². The number of imidazole rings is 1. The maximum Gasteiger partial charge on any atom is 0.123 e. The largest absolute Gasteiger partial charge is 0.324 e. The molecule has 0 radical (unpaired) electrons. The molecule has 0 saturated carbocycles. The van der Waals surface area contributed by atoms with E-state index in [0.717, 1.165) is 40.8 Å². The van der Waals surface area contributed by atoms with Gasteiger partial charge in [-0.2, -0.15) is 0 Å². The summed E-state index contributed by atoms with van der Waals surface area (Å²) >= 11 is 13.9. The Labute approximate surface area is 152 Å². The maximum absolute atomic E-state index is 6.13. The van der Waals surface area contributed by atoms with E-state index in [-0.39, 0.29) is 0 Å². The highest BCUT2D eigenvalue weighted by Gasteiger charge is 2.19. The number of benzene rings is 1. The van der Waals surface area contributed by atoms with E-state index in [2.05, 4.69) is 25.3 Å². The standard InChI is InChI=1S/C17H23Cl2N3S/c1-4-5-6-22-15(10-20)21-16(11(2)3)17(22)23-14-8-12(18)7-13(19)9-14/h7-9,11H,4-6,10,20H2,1-3H3. The lowest BCUT2D eigenvalue weighted by atomic mass is 10.1. The van der Waals surface area contributed by atoms with Crippen molar-refractivity contribution in [1.82, 2.24) is 9.55 Å². The average Bonchev–Trinajstić information content (AvgIpc) is 2.82. The number of aromatic nitrogens is 2. The lowest BCUT2D eigenvalue weighted by Crippen LogP contribution is -2.09. The fourth-order valence-corrected chi connectivity index (χ4v) is 4.33. The normalized spacial score (nSPS) is 11.4. The molecule has 23 heavy (non-hydrogen) atoms. The van der Waals surface area contributed by atoms with Crippen molar-refractivity contribution in [3.8, 4) is 0 Å². The van der Waals surface area contributed by atoms with Gasteiger partial charge in [0.05, 0.1) is 12.2 Å². The fourth-order valence-electron chi connectivity index (χ4n) is 2.39. The smallest absolute Gasteiger partial charge is 0.123 e. The molecule has 0 aliphatic rings. The zero-order chi connectivity index (χ0) is 17.0. The van der Waals surface area contributed by atoms with Gasteiger partial charge >= 0.3 is 0 Å². The summed E-state index contributed by atoms with van der Waals surface area (Å²) in [5.74, 6) is 1.28. The third-order valence-electron chi connectivity index (χ3n) is 3.54. The van der Waals surface area contributed by atoms with E-state index in [1.807, 2.05) is 12.1 Å². The molecular weight excluding hydrogens is 349 g/mol. The van der Waals surface area contributed by atoms with Crippen LogP contribution in [0.15, 0.2) is 28.1 Å². The molecule has 0 atom stereocenters. The van der Waals surface area contributed by atoms with Crippen LogP contribution < -0.4 is 5.73 Å². The summed E-state index contributed by atoms with van der Waals surface area (Å²) in [6, 6.07) is 5.61. The molecule has 1 aromatic carbocycles. The number of hydrogen-bond acceptors (Lipinski definition) is 3. The Balaban J connectivity index is 2.46. The molecule has 1 aromatic heterocycles. The minimum atomic E-state index is 0.334. The number of halogens is 2. The van der Waals surface area contributed by atoms with Crippen LogP contribution in [0.2, 0.25) is 10.0 Å².